The van der Waals surface area contributed by atoms with Crippen LogP contribution >= 0.6 is 0 Å². The lowest BCUT2D eigenvalue weighted by Crippen LogP contribution is -2.59. The molecule has 1 fully saturated rings. The molecule has 1 atom stereocenters. The zero-order chi connectivity index (χ0) is 12.3. The third kappa shape index (κ3) is 1.45. The van der Waals surface area contributed by atoms with Crippen LogP contribution in [0.1, 0.15) is 20.8 Å². The molecule has 0 aromatic heterocycles. The number of hydrogen-bond acceptors (Lipinski definition) is 1. The molecular formula is C13H25NSi2. The monoisotopic (exact) mass is 251 g/mol. The lowest BCUT2D eigenvalue weighted by atomic mass is 10.3. The molecule has 0 spiro atoms. The smallest absolute Gasteiger partial charge is 0.144 e. The zero-order valence-electron chi connectivity index (χ0n) is 11.8. The maximum Gasteiger partial charge on any atom is 0.144 e. The summed E-state index contributed by atoms with van der Waals surface area (Å²) in [5, 5.41) is 1.80. The van der Waals surface area contributed by atoms with Crippen LogP contribution in [0.25, 0.3) is 0 Å². The fraction of sp³-hybridized carbons (Fsp3) is 0.692. The second-order valence-corrected chi connectivity index (χ2v) is 15.7. The Labute approximate surface area is 102 Å². The van der Waals surface area contributed by atoms with E-state index in [4.69, 9.17) is 0 Å². The van der Waals surface area contributed by atoms with Crippen LogP contribution in [0.5, 0.6) is 0 Å². The van der Waals surface area contributed by atoms with Crippen LogP contribution < -0.4 is 0 Å². The quantitative estimate of drug-likeness (QED) is 0.639. The predicted octanol–water partition coefficient (Wildman–Crippen LogP) is 3.92. The Morgan fingerprint density at radius 1 is 1.19 bits per heavy atom. The molecule has 16 heavy (non-hydrogen) atoms. The average molecular weight is 252 g/mol. The number of nitrogens with zero attached hydrogens (tertiary/aromatic N) is 1. The Hall–Kier alpha value is -0.126. The Balaban J connectivity index is 2.52. The van der Waals surface area contributed by atoms with E-state index in [1.165, 1.54) is 5.57 Å². The van der Waals surface area contributed by atoms with Gasteiger partial charge in [-0.15, -0.1) is 0 Å². The molecule has 0 bridgehead atoms. The van der Waals surface area contributed by atoms with Gasteiger partial charge in [0.25, 0.3) is 0 Å². The van der Waals surface area contributed by atoms with Crippen LogP contribution in [0, 0.1) is 0 Å². The number of rotatable bonds is 1. The van der Waals surface area contributed by atoms with Gasteiger partial charge in [0.2, 0.25) is 0 Å². The highest BCUT2D eigenvalue weighted by atomic mass is 28.4. The molecule has 1 heterocycles. The molecule has 0 N–H and O–H groups in total. The second kappa shape index (κ2) is 3.43. The molecule has 1 aliphatic heterocycles. The van der Waals surface area contributed by atoms with Crippen LogP contribution in [0.3, 0.4) is 0 Å². The van der Waals surface area contributed by atoms with Crippen molar-refractivity contribution in [3.05, 3.63) is 22.9 Å². The van der Waals surface area contributed by atoms with Crippen LogP contribution in [-0.2, 0) is 0 Å². The first kappa shape index (κ1) is 12.3. The Bertz CT molecular complexity index is 377. The van der Waals surface area contributed by atoms with Crippen molar-refractivity contribution in [2.24, 2.45) is 0 Å². The van der Waals surface area contributed by atoms with Crippen molar-refractivity contribution in [2.75, 3.05) is 0 Å². The Morgan fingerprint density at radius 2 is 1.75 bits per heavy atom. The molecule has 0 aromatic carbocycles. The van der Waals surface area contributed by atoms with E-state index < -0.39 is 16.5 Å². The lowest BCUT2D eigenvalue weighted by molar-refractivity contribution is 0.515. The van der Waals surface area contributed by atoms with E-state index in [0.717, 1.165) is 5.54 Å². The van der Waals surface area contributed by atoms with Crippen molar-refractivity contribution in [3.8, 4) is 0 Å². The maximum atomic E-state index is 2.94. The standard InChI is InChI=1S/C13H25NSi2/c1-10(2)14-15(4,5)12-8-11(3)9-13(12)16(14,6)7/h8-10,12H,1-7H3. The average Bonchev–Trinajstić information content (AvgIpc) is 2.50. The second-order valence-electron chi connectivity index (χ2n) is 6.66. The molecule has 0 saturated carbocycles. The van der Waals surface area contributed by atoms with E-state index in [1.807, 2.05) is 0 Å². The van der Waals surface area contributed by atoms with E-state index in [2.05, 4.69) is 63.3 Å². The van der Waals surface area contributed by atoms with Crippen molar-refractivity contribution in [1.29, 1.82) is 0 Å². The van der Waals surface area contributed by atoms with Gasteiger partial charge in [-0.1, -0.05) is 63.0 Å². The Kier molecular flexibility index (Phi) is 2.65. The summed E-state index contributed by atoms with van der Waals surface area (Å²) in [5.74, 6) is 0. The molecule has 2 rings (SSSR count). The summed E-state index contributed by atoms with van der Waals surface area (Å²) < 4.78 is 2.94. The van der Waals surface area contributed by atoms with E-state index in [0.29, 0.717) is 6.04 Å². The summed E-state index contributed by atoms with van der Waals surface area (Å²) in [5.41, 5.74) is 2.31. The van der Waals surface area contributed by atoms with Crippen molar-refractivity contribution < 1.29 is 0 Å². The molecular weight excluding hydrogens is 226 g/mol. The van der Waals surface area contributed by atoms with Crippen LogP contribution in [-0.4, -0.2) is 26.7 Å². The van der Waals surface area contributed by atoms with E-state index in [1.54, 1.807) is 5.20 Å². The lowest BCUT2D eigenvalue weighted by Gasteiger charge is -2.42. The highest BCUT2D eigenvalue weighted by Crippen LogP contribution is 2.52. The summed E-state index contributed by atoms with van der Waals surface area (Å²) in [4.78, 5) is 0. The number of hydrogen-bond donors (Lipinski definition) is 0. The SMILES string of the molecule is CC1=CC2C(=C1)[Si](C)(C)N(C(C)C)[Si]2(C)C. The molecule has 3 heteroatoms. The fourth-order valence-electron chi connectivity index (χ4n) is 4.20. The van der Waals surface area contributed by atoms with Gasteiger partial charge >= 0.3 is 0 Å². The largest absolute Gasteiger partial charge is 0.339 e. The summed E-state index contributed by atoms with van der Waals surface area (Å²) >= 11 is 0. The summed E-state index contributed by atoms with van der Waals surface area (Å²) in [7, 11) is -2.63. The third-order valence-corrected chi connectivity index (χ3v) is 15.4. The maximum absolute atomic E-state index is 2.94. The molecule has 0 aromatic rings. The van der Waals surface area contributed by atoms with Crippen molar-refractivity contribution in [3.63, 3.8) is 0 Å². The first-order chi connectivity index (χ1) is 7.19. The van der Waals surface area contributed by atoms with E-state index in [-0.39, 0.29) is 0 Å². The van der Waals surface area contributed by atoms with Gasteiger partial charge in [-0.25, -0.2) is 0 Å². The summed E-state index contributed by atoms with van der Waals surface area (Å²) in [6, 6.07) is 0.712. The van der Waals surface area contributed by atoms with Gasteiger partial charge in [-0.05, 0) is 13.0 Å². The van der Waals surface area contributed by atoms with Gasteiger partial charge < -0.3 is 4.23 Å². The molecule has 0 radical (unpaired) electrons. The van der Waals surface area contributed by atoms with Gasteiger partial charge in [0.05, 0.1) is 0 Å². The molecule has 90 valence electrons. The first-order valence-corrected chi connectivity index (χ1v) is 12.4. The molecule has 1 unspecified atom stereocenters. The fourth-order valence-corrected chi connectivity index (χ4v) is 19.0. The summed E-state index contributed by atoms with van der Waals surface area (Å²) in [6.45, 7) is 17.2. The minimum atomic E-state index is -1.34. The normalized spacial score (nSPS) is 31.6. The van der Waals surface area contributed by atoms with Crippen LogP contribution in [0.2, 0.25) is 31.7 Å². The van der Waals surface area contributed by atoms with Crippen molar-refractivity contribution in [2.45, 2.75) is 58.5 Å². The van der Waals surface area contributed by atoms with Crippen LogP contribution in [0.4, 0.5) is 0 Å². The van der Waals surface area contributed by atoms with E-state index in [9.17, 15) is 0 Å². The first-order valence-electron chi connectivity index (χ1n) is 6.39. The highest BCUT2D eigenvalue weighted by Gasteiger charge is 2.58. The zero-order valence-corrected chi connectivity index (χ0v) is 13.8. The minimum absolute atomic E-state index is 0.712. The van der Waals surface area contributed by atoms with Gasteiger partial charge in [0.15, 0.2) is 0 Å². The molecule has 1 saturated heterocycles. The van der Waals surface area contributed by atoms with Crippen molar-refractivity contribution >= 4 is 16.5 Å². The minimum Gasteiger partial charge on any atom is -0.339 e. The topological polar surface area (TPSA) is 3.24 Å². The van der Waals surface area contributed by atoms with Gasteiger partial charge in [0, 0.05) is 5.54 Å². The molecule has 2 aliphatic rings. The summed E-state index contributed by atoms with van der Waals surface area (Å²) in [6.07, 6.45) is 5.03. The molecule has 0 amide bonds. The van der Waals surface area contributed by atoms with Crippen molar-refractivity contribution in [1.82, 2.24) is 4.23 Å². The highest BCUT2D eigenvalue weighted by molar-refractivity contribution is 7.01. The molecule has 1 nitrogen and oxygen atoms in total. The van der Waals surface area contributed by atoms with Gasteiger partial charge in [0.1, 0.15) is 16.5 Å². The third-order valence-electron chi connectivity index (χ3n) is 4.35. The Morgan fingerprint density at radius 3 is 2.19 bits per heavy atom. The predicted molar refractivity (Wildman–Crippen MR) is 77.5 cm³/mol. The number of allylic oxidation sites excluding steroid dienone is 4. The van der Waals surface area contributed by atoms with Gasteiger partial charge in [-0.2, -0.15) is 0 Å². The molecule has 1 aliphatic carbocycles. The van der Waals surface area contributed by atoms with Crippen LogP contribution in [0.15, 0.2) is 22.9 Å². The number of fused-ring (bicyclic) bond motifs is 1. The van der Waals surface area contributed by atoms with E-state index >= 15 is 0 Å². The van der Waals surface area contributed by atoms with Gasteiger partial charge in [-0.3, -0.25) is 0 Å².